The summed E-state index contributed by atoms with van der Waals surface area (Å²) >= 11 is 1.54. The van der Waals surface area contributed by atoms with Crippen LogP contribution >= 0.6 is 11.3 Å². The predicted octanol–water partition coefficient (Wildman–Crippen LogP) is 4.56. The van der Waals surface area contributed by atoms with Crippen LogP contribution in [0.5, 0.6) is 0 Å². The van der Waals surface area contributed by atoms with Crippen LogP contribution in [-0.4, -0.2) is 24.1 Å². The van der Waals surface area contributed by atoms with Gasteiger partial charge in [0.1, 0.15) is 6.04 Å². The quantitative estimate of drug-likeness (QED) is 0.694. The van der Waals surface area contributed by atoms with Gasteiger partial charge < -0.3 is 10.6 Å². The summed E-state index contributed by atoms with van der Waals surface area (Å²) < 4.78 is 0. The molecule has 7 heteroatoms. The van der Waals surface area contributed by atoms with Crippen LogP contribution in [0, 0.1) is 0 Å². The molecule has 0 saturated carbocycles. The molecule has 2 aromatic rings. The Hall–Kier alpha value is -2.93. The minimum atomic E-state index is -0.481. The first kappa shape index (κ1) is 21.3. The fraction of sp³-hybridized carbons (Fsp3) is 0.375. The number of carbonyl (C=O) groups excluding carboxylic acids is 3. The van der Waals surface area contributed by atoms with E-state index in [0.717, 1.165) is 41.2 Å². The van der Waals surface area contributed by atoms with Crippen LogP contribution in [0.2, 0.25) is 0 Å². The molecule has 162 valence electrons. The van der Waals surface area contributed by atoms with Crippen molar-refractivity contribution in [3.05, 3.63) is 57.9 Å². The van der Waals surface area contributed by atoms with Gasteiger partial charge in [0.2, 0.25) is 11.8 Å². The Balaban J connectivity index is 1.76. The van der Waals surface area contributed by atoms with Gasteiger partial charge in [-0.15, -0.1) is 11.3 Å². The van der Waals surface area contributed by atoms with E-state index in [9.17, 15) is 14.4 Å². The van der Waals surface area contributed by atoms with Crippen LogP contribution in [0.1, 0.15) is 56.4 Å². The number of nitrogens with zero attached hydrogens (tertiary/aromatic N) is 1. The van der Waals surface area contributed by atoms with E-state index in [1.165, 1.54) is 0 Å². The Labute approximate surface area is 186 Å². The van der Waals surface area contributed by atoms with Crippen LogP contribution in [-0.2, 0) is 14.4 Å². The number of anilines is 2. The molecule has 1 aliphatic heterocycles. The molecule has 2 N–H and O–H groups in total. The molecule has 1 aliphatic carbocycles. The van der Waals surface area contributed by atoms with Gasteiger partial charge in [-0.1, -0.05) is 25.1 Å². The number of carbonyl (C=O) groups is 3. The number of hydrogen-bond donors (Lipinski definition) is 2. The summed E-state index contributed by atoms with van der Waals surface area (Å²) in [5.74, 6) is -0.206. The van der Waals surface area contributed by atoms with Crippen molar-refractivity contribution in [2.45, 2.75) is 51.5 Å². The standard InChI is InChI=1S/C24H27N3O3S/c1-2-14-25-21(29)12-13-22(30)27-18-9-4-3-7-16(18)26-17-8-5-10-19(28)23(17)24(27)20-11-6-15-31-20/h3-4,6-7,9,11,15,24,26H,2,5,8,10,12-14H2,1H3,(H,25,29)/t24-/m0/s1. The maximum absolute atomic E-state index is 13.6. The molecule has 0 spiro atoms. The average Bonchev–Trinajstić information content (AvgIpc) is 3.25. The molecule has 4 rings (SSSR count). The number of ketones is 1. The van der Waals surface area contributed by atoms with Crippen LogP contribution in [0.15, 0.2) is 53.0 Å². The number of rotatable bonds is 6. The molecular formula is C24H27N3O3S. The number of para-hydroxylation sites is 2. The van der Waals surface area contributed by atoms with Gasteiger partial charge in [0.15, 0.2) is 5.78 Å². The summed E-state index contributed by atoms with van der Waals surface area (Å²) in [5.41, 5.74) is 3.13. The summed E-state index contributed by atoms with van der Waals surface area (Å²) in [6, 6.07) is 11.1. The van der Waals surface area contributed by atoms with Crippen LogP contribution in [0.4, 0.5) is 11.4 Å². The van der Waals surface area contributed by atoms with Gasteiger partial charge in [0, 0.05) is 42.0 Å². The molecular weight excluding hydrogens is 410 g/mol. The number of thiophene rings is 1. The maximum Gasteiger partial charge on any atom is 0.228 e. The van der Waals surface area contributed by atoms with Crippen molar-refractivity contribution < 1.29 is 14.4 Å². The third-order valence-electron chi connectivity index (χ3n) is 5.66. The number of allylic oxidation sites excluding steroid dienone is 1. The van der Waals surface area contributed by atoms with Gasteiger partial charge >= 0.3 is 0 Å². The first-order chi connectivity index (χ1) is 15.1. The third kappa shape index (κ3) is 4.42. The van der Waals surface area contributed by atoms with Gasteiger partial charge in [-0.25, -0.2) is 0 Å². The second kappa shape index (κ2) is 9.47. The average molecular weight is 438 g/mol. The molecule has 0 radical (unpaired) electrons. The van der Waals surface area contributed by atoms with Crippen molar-refractivity contribution in [3.8, 4) is 0 Å². The largest absolute Gasteiger partial charge is 0.357 e. The molecule has 2 amide bonds. The van der Waals surface area contributed by atoms with Gasteiger partial charge in [-0.3, -0.25) is 19.3 Å². The predicted molar refractivity (Wildman–Crippen MR) is 123 cm³/mol. The van der Waals surface area contributed by atoms with Crippen molar-refractivity contribution in [2.24, 2.45) is 0 Å². The zero-order valence-corrected chi connectivity index (χ0v) is 18.5. The molecule has 0 unspecified atom stereocenters. The van der Waals surface area contributed by atoms with E-state index in [1.807, 2.05) is 48.7 Å². The van der Waals surface area contributed by atoms with E-state index >= 15 is 0 Å². The fourth-order valence-electron chi connectivity index (χ4n) is 4.22. The Morgan fingerprint density at radius 3 is 2.77 bits per heavy atom. The fourth-order valence-corrected chi connectivity index (χ4v) is 5.04. The molecule has 1 aromatic carbocycles. The van der Waals surface area contributed by atoms with Crippen molar-refractivity contribution in [2.75, 3.05) is 16.8 Å². The van der Waals surface area contributed by atoms with Gasteiger partial charge in [-0.05, 0) is 42.8 Å². The van der Waals surface area contributed by atoms with Crippen molar-refractivity contribution in [1.29, 1.82) is 0 Å². The highest BCUT2D eigenvalue weighted by molar-refractivity contribution is 7.10. The highest BCUT2D eigenvalue weighted by Crippen LogP contribution is 2.46. The van der Waals surface area contributed by atoms with Crippen molar-refractivity contribution in [1.82, 2.24) is 5.32 Å². The topological polar surface area (TPSA) is 78.5 Å². The molecule has 2 aliphatic rings. The van der Waals surface area contributed by atoms with Gasteiger partial charge in [0.05, 0.1) is 11.4 Å². The Kier molecular flexibility index (Phi) is 6.51. The van der Waals surface area contributed by atoms with Gasteiger partial charge in [0.25, 0.3) is 0 Å². The lowest BCUT2D eigenvalue weighted by molar-refractivity contribution is -0.125. The highest BCUT2D eigenvalue weighted by Gasteiger charge is 2.39. The van der Waals surface area contributed by atoms with E-state index in [0.29, 0.717) is 18.5 Å². The zero-order chi connectivity index (χ0) is 21.8. The van der Waals surface area contributed by atoms with Gasteiger partial charge in [-0.2, -0.15) is 0 Å². The highest BCUT2D eigenvalue weighted by atomic mass is 32.1. The minimum Gasteiger partial charge on any atom is -0.357 e. The summed E-state index contributed by atoms with van der Waals surface area (Å²) in [4.78, 5) is 41.5. The number of Topliss-reactive ketones (excluding diaryl/α,β-unsaturated/α-hetero) is 1. The van der Waals surface area contributed by atoms with E-state index in [1.54, 1.807) is 16.2 Å². The first-order valence-corrected chi connectivity index (χ1v) is 11.7. The van der Waals surface area contributed by atoms with Crippen molar-refractivity contribution in [3.63, 3.8) is 0 Å². The SMILES string of the molecule is CCCNC(=O)CCC(=O)N1c2ccccc2NC2=C(C(=O)CCC2)[C@@H]1c1cccs1. The summed E-state index contributed by atoms with van der Waals surface area (Å²) in [6.45, 7) is 2.59. The Morgan fingerprint density at radius 1 is 1.16 bits per heavy atom. The molecule has 1 atom stereocenters. The van der Waals surface area contributed by atoms with E-state index in [2.05, 4.69) is 10.6 Å². The zero-order valence-electron chi connectivity index (χ0n) is 17.6. The summed E-state index contributed by atoms with van der Waals surface area (Å²) in [5, 5.41) is 8.25. The normalized spacial score (nSPS) is 18.0. The molecule has 6 nitrogen and oxygen atoms in total. The summed E-state index contributed by atoms with van der Waals surface area (Å²) in [6.07, 6.45) is 3.13. The van der Waals surface area contributed by atoms with Crippen LogP contribution < -0.4 is 15.5 Å². The third-order valence-corrected chi connectivity index (χ3v) is 6.58. The van der Waals surface area contributed by atoms with Crippen LogP contribution in [0.25, 0.3) is 0 Å². The molecule has 0 bridgehead atoms. The second-order valence-electron chi connectivity index (χ2n) is 7.84. The van der Waals surface area contributed by atoms with E-state index in [4.69, 9.17) is 0 Å². The second-order valence-corrected chi connectivity index (χ2v) is 8.82. The minimum absolute atomic E-state index is 0.0819. The molecule has 0 fully saturated rings. The lowest BCUT2D eigenvalue weighted by Crippen LogP contribution is -2.38. The van der Waals surface area contributed by atoms with E-state index < -0.39 is 6.04 Å². The van der Waals surface area contributed by atoms with Crippen LogP contribution in [0.3, 0.4) is 0 Å². The lowest BCUT2D eigenvalue weighted by atomic mass is 9.88. The van der Waals surface area contributed by atoms with Crippen molar-refractivity contribution >= 4 is 40.3 Å². The monoisotopic (exact) mass is 437 g/mol. The number of hydrogen-bond acceptors (Lipinski definition) is 5. The smallest absolute Gasteiger partial charge is 0.228 e. The first-order valence-electron chi connectivity index (χ1n) is 10.8. The Bertz CT molecular complexity index is 1010. The molecule has 1 aromatic heterocycles. The molecule has 0 saturated heterocycles. The lowest BCUT2D eigenvalue weighted by Gasteiger charge is -2.33. The summed E-state index contributed by atoms with van der Waals surface area (Å²) in [7, 11) is 0. The number of nitrogens with one attached hydrogen (secondary N) is 2. The number of benzene rings is 1. The van der Waals surface area contributed by atoms with E-state index in [-0.39, 0.29) is 30.4 Å². The Morgan fingerprint density at radius 2 is 2.00 bits per heavy atom. The maximum atomic E-state index is 13.6. The molecule has 2 heterocycles. The molecule has 31 heavy (non-hydrogen) atoms. The number of amides is 2. The number of fused-ring (bicyclic) bond motifs is 1.